The molecule has 1 aromatic carbocycles. The molecule has 2 aliphatic rings. The van der Waals surface area contributed by atoms with Crippen molar-refractivity contribution in [1.82, 2.24) is 5.32 Å². The first-order valence-electron chi connectivity index (χ1n) is 8.58. The van der Waals surface area contributed by atoms with Gasteiger partial charge in [0.2, 0.25) is 0 Å². The highest BCUT2D eigenvalue weighted by atomic mass is 19.1. The summed E-state index contributed by atoms with van der Waals surface area (Å²) in [5.74, 6) is 2.64. The van der Waals surface area contributed by atoms with Crippen LogP contribution in [0.2, 0.25) is 0 Å². The second-order valence-electron chi connectivity index (χ2n) is 7.26. The van der Waals surface area contributed by atoms with Gasteiger partial charge >= 0.3 is 0 Å². The van der Waals surface area contributed by atoms with Gasteiger partial charge in [-0.05, 0) is 81.0 Å². The van der Waals surface area contributed by atoms with Gasteiger partial charge in [0.1, 0.15) is 5.82 Å². The van der Waals surface area contributed by atoms with Gasteiger partial charge in [-0.1, -0.05) is 19.4 Å². The van der Waals surface area contributed by atoms with E-state index < -0.39 is 0 Å². The minimum absolute atomic E-state index is 0.0263. The van der Waals surface area contributed by atoms with Crippen molar-refractivity contribution < 1.29 is 4.39 Å². The van der Waals surface area contributed by atoms with Crippen molar-refractivity contribution in [2.75, 3.05) is 6.54 Å². The molecule has 2 saturated carbocycles. The van der Waals surface area contributed by atoms with E-state index in [0.717, 1.165) is 47.4 Å². The Hall–Kier alpha value is -0.890. The average molecular weight is 289 g/mol. The zero-order valence-corrected chi connectivity index (χ0v) is 13.6. The lowest BCUT2D eigenvalue weighted by atomic mass is 9.82. The van der Waals surface area contributed by atoms with Crippen LogP contribution in [0.15, 0.2) is 12.1 Å². The van der Waals surface area contributed by atoms with E-state index in [-0.39, 0.29) is 11.9 Å². The fourth-order valence-corrected chi connectivity index (χ4v) is 4.89. The molecule has 1 aromatic rings. The largest absolute Gasteiger partial charge is 0.310 e. The van der Waals surface area contributed by atoms with Crippen molar-refractivity contribution in [2.24, 2.45) is 17.8 Å². The minimum atomic E-state index is -0.0263. The molecule has 21 heavy (non-hydrogen) atoms. The lowest BCUT2D eigenvalue weighted by Crippen LogP contribution is -2.27. The highest BCUT2D eigenvalue weighted by molar-refractivity contribution is 5.34. The van der Waals surface area contributed by atoms with Crippen LogP contribution < -0.4 is 5.32 Å². The Bertz CT molecular complexity index is 487. The van der Waals surface area contributed by atoms with Crippen LogP contribution in [0, 0.1) is 37.4 Å². The number of rotatable bonds is 5. The van der Waals surface area contributed by atoms with Gasteiger partial charge < -0.3 is 5.32 Å². The lowest BCUT2D eigenvalue weighted by Gasteiger charge is -2.28. The molecule has 2 bridgehead atoms. The number of hydrogen-bond acceptors (Lipinski definition) is 1. The monoisotopic (exact) mass is 289 g/mol. The van der Waals surface area contributed by atoms with Crippen LogP contribution in [-0.4, -0.2) is 6.54 Å². The molecule has 0 radical (unpaired) electrons. The van der Waals surface area contributed by atoms with E-state index in [9.17, 15) is 4.39 Å². The molecule has 0 amide bonds. The molecule has 0 spiro atoms. The molecule has 2 heteroatoms. The van der Waals surface area contributed by atoms with Gasteiger partial charge in [0.05, 0.1) is 0 Å². The van der Waals surface area contributed by atoms with E-state index in [2.05, 4.69) is 25.2 Å². The zero-order chi connectivity index (χ0) is 15.0. The highest BCUT2D eigenvalue weighted by Gasteiger charge is 2.40. The van der Waals surface area contributed by atoms with Crippen molar-refractivity contribution >= 4 is 0 Å². The molecule has 0 saturated heterocycles. The Morgan fingerprint density at radius 2 is 2.05 bits per heavy atom. The highest BCUT2D eigenvalue weighted by Crippen LogP contribution is 2.51. The van der Waals surface area contributed by atoms with Crippen molar-refractivity contribution in [3.05, 3.63) is 34.6 Å². The molecule has 1 N–H and O–H groups in total. The van der Waals surface area contributed by atoms with Gasteiger partial charge in [-0.3, -0.25) is 0 Å². The predicted octanol–water partition coefficient (Wildman–Crippen LogP) is 4.92. The molecular formula is C19H28FN. The summed E-state index contributed by atoms with van der Waals surface area (Å²) in [5.41, 5.74) is 3.02. The maximum absolute atomic E-state index is 14.5. The molecule has 0 aromatic heterocycles. The van der Waals surface area contributed by atoms with Crippen LogP contribution >= 0.6 is 0 Å². The smallest absolute Gasteiger partial charge is 0.128 e. The third kappa shape index (κ3) is 3.01. The SMILES string of the molecule is CCNC(CC1CC2CCC1C2)c1c(C)cc(C)cc1F. The van der Waals surface area contributed by atoms with Crippen molar-refractivity contribution in [2.45, 2.75) is 58.9 Å². The Kier molecular flexibility index (Phi) is 4.35. The van der Waals surface area contributed by atoms with E-state index in [1.165, 1.54) is 25.7 Å². The predicted molar refractivity (Wildman–Crippen MR) is 85.8 cm³/mol. The second-order valence-corrected chi connectivity index (χ2v) is 7.26. The Morgan fingerprint density at radius 1 is 1.24 bits per heavy atom. The van der Waals surface area contributed by atoms with Gasteiger partial charge in [0.15, 0.2) is 0 Å². The molecule has 4 unspecified atom stereocenters. The van der Waals surface area contributed by atoms with Crippen LogP contribution in [0.5, 0.6) is 0 Å². The second kappa shape index (κ2) is 6.08. The summed E-state index contributed by atoms with van der Waals surface area (Å²) in [4.78, 5) is 0. The first-order valence-corrected chi connectivity index (χ1v) is 8.58. The summed E-state index contributed by atoms with van der Waals surface area (Å²) in [7, 11) is 0. The third-order valence-electron chi connectivity index (χ3n) is 5.70. The first kappa shape index (κ1) is 15.0. The Morgan fingerprint density at radius 3 is 2.62 bits per heavy atom. The molecule has 3 rings (SSSR count). The van der Waals surface area contributed by atoms with E-state index in [1.54, 1.807) is 6.07 Å². The maximum Gasteiger partial charge on any atom is 0.128 e. The molecule has 0 aliphatic heterocycles. The first-order chi connectivity index (χ1) is 10.1. The van der Waals surface area contributed by atoms with Crippen LogP contribution in [0.1, 0.15) is 61.8 Å². The van der Waals surface area contributed by atoms with Crippen molar-refractivity contribution in [1.29, 1.82) is 0 Å². The molecule has 116 valence electrons. The molecule has 4 atom stereocenters. The van der Waals surface area contributed by atoms with E-state index in [1.807, 2.05) is 6.92 Å². The van der Waals surface area contributed by atoms with Crippen LogP contribution in [0.25, 0.3) is 0 Å². The summed E-state index contributed by atoms with van der Waals surface area (Å²) in [6.45, 7) is 7.04. The summed E-state index contributed by atoms with van der Waals surface area (Å²) < 4.78 is 14.5. The normalized spacial score (nSPS) is 29.0. The van der Waals surface area contributed by atoms with Crippen LogP contribution in [0.4, 0.5) is 4.39 Å². The molecule has 1 nitrogen and oxygen atoms in total. The topological polar surface area (TPSA) is 12.0 Å². The van der Waals surface area contributed by atoms with E-state index in [4.69, 9.17) is 0 Å². The minimum Gasteiger partial charge on any atom is -0.310 e. The number of fused-ring (bicyclic) bond motifs is 2. The fourth-order valence-electron chi connectivity index (χ4n) is 4.89. The number of benzene rings is 1. The number of halogens is 1. The third-order valence-corrected chi connectivity index (χ3v) is 5.70. The molecule has 0 heterocycles. The van der Waals surface area contributed by atoms with Crippen LogP contribution in [0.3, 0.4) is 0 Å². The standard InChI is InChI=1S/C19H28FN/c1-4-21-18(11-16-10-14-5-6-15(16)9-14)19-13(3)7-12(2)8-17(19)20/h7-8,14-16,18,21H,4-6,9-11H2,1-3H3. The maximum atomic E-state index is 14.5. The van der Waals surface area contributed by atoms with Gasteiger partial charge in [-0.25, -0.2) is 4.39 Å². The van der Waals surface area contributed by atoms with E-state index in [0.29, 0.717) is 0 Å². The summed E-state index contributed by atoms with van der Waals surface area (Å²) in [6, 6.07) is 3.98. The van der Waals surface area contributed by atoms with Gasteiger partial charge in [-0.15, -0.1) is 0 Å². The van der Waals surface area contributed by atoms with Crippen molar-refractivity contribution in [3.8, 4) is 0 Å². The molecule has 2 aliphatic carbocycles. The summed E-state index contributed by atoms with van der Waals surface area (Å²) in [6.07, 6.45) is 6.75. The quantitative estimate of drug-likeness (QED) is 0.811. The molecule has 2 fully saturated rings. The van der Waals surface area contributed by atoms with Gasteiger partial charge in [0, 0.05) is 11.6 Å². The number of aryl methyl sites for hydroxylation is 2. The van der Waals surface area contributed by atoms with Gasteiger partial charge in [-0.2, -0.15) is 0 Å². The van der Waals surface area contributed by atoms with Crippen LogP contribution in [-0.2, 0) is 0 Å². The van der Waals surface area contributed by atoms with Gasteiger partial charge in [0.25, 0.3) is 0 Å². The Labute approximate surface area is 128 Å². The summed E-state index contributed by atoms with van der Waals surface area (Å²) >= 11 is 0. The summed E-state index contributed by atoms with van der Waals surface area (Å²) in [5, 5.41) is 3.55. The average Bonchev–Trinajstić information content (AvgIpc) is 2.99. The Balaban J connectivity index is 1.81. The lowest BCUT2D eigenvalue weighted by molar-refractivity contribution is 0.277. The van der Waals surface area contributed by atoms with E-state index >= 15 is 0 Å². The fraction of sp³-hybridized carbons (Fsp3) is 0.684. The zero-order valence-electron chi connectivity index (χ0n) is 13.6. The molecular weight excluding hydrogens is 261 g/mol. The number of nitrogens with one attached hydrogen (secondary N) is 1. The van der Waals surface area contributed by atoms with Crippen molar-refractivity contribution in [3.63, 3.8) is 0 Å². The number of hydrogen-bond donors (Lipinski definition) is 1.